The predicted molar refractivity (Wildman–Crippen MR) is 63.4 cm³/mol. The molecule has 0 saturated heterocycles. The third kappa shape index (κ3) is 2.16. The van der Waals surface area contributed by atoms with E-state index in [4.69, 9.17) is 4.74 Å². The Morgan fingerprint density at radius 3 is 2.88 bits per heavy atom. The maximum absolute atomic E-state index is 11.7. The molecular formula is C11H12N2O3S. The molecule has 0 unspecified atom stereocenters. The third-order valence-electron chi connectivity index (χ3n) is 2.55. The van der Waals surface area contributed by atoms with Crippen LogP contribution in [0.1, 0.15) is 18.5 Å². The first-order valence-electron chi connectivity index (χ1n) is 5.02. The minimum atomic E-state index is -0.442. The number of carbonyl (C=O) groups excluding carboxylic acids is 2. The smallest absolute Gasteiger partial charge is 0.337 e. The van der Waals surface area contributed by atoms with Crippen LogP contribution in [0, 0.1) is 0 Å². The van der Waals surface area contributed by atoms with Crippen molar-refractivity contribution < 1.29 is 14.3 Å². The zero-order valence-corrected chi connectivity index (χ0v) is 10.3. The topological polar surface area (TPSA) is 67.4 Å². The first-order chi connectivity index (χ1) is 8.13. The lowest BCUT2D eigenvalue weighted by Gasteiger charge is -2.26. The summed E-state index contributed by atoms with van der Waals surface area (Å²) in [5, 5.41) is 9.07. The highest BCUT2D eigenvalue weighted by Gasteiger charge is 2.31. The number of ether oxygens (including phenoxy) is 1. The largest absolute Gasteiger partial charge is 0.466 e. The molecule has 17 heavy (non-hydrogen) atoms. The summed E-state index contributed by atoms with van der Waals surface area (Å²) >= 11 is 1.51. The summed E-state index contributed by atoms with van der Waals surface area (Å²) in [5.41, 5.74) is 1.84. The second kappa shape index (κ2) is 4.58. The van der Waals surface area contributed by atoms with Gasteiger partial charge in [0.25, 0.3) is 0 Å². The van der Waals surface area contributed by atoms with Crippen LogP contribution in [0.4, 0.5) is 4.79 Å². The van der Waals surface area contributed by atoms with Crippen molar-refractivity contribution in [1.29, 1.82) is 0 Å². The molecule has 0 saturated carbocycles. The molecule has 0 bridgehead atoms. The van der Waals surface area contributed by atoms with Crippen molar-refractivity contribution in [3.05, 3.63) is 33.7 Å². The molecule has 1 atom stereocenters. The van der Waals surface area contributed by atoms with Gasteiger partial charge in [0.2, 0.25) is 0 Å². The fourth-order valence-corrected chi connectivity index (χ4v) is 2.45. The van der Waals surface area contributed by atoms with Gasteiger partial charge in [-0.3, -0.25) is 0 Å². The summed E-state index contributed by atoms with van der Waals surface area (Å²) in [6.45, 7) is 1.68. The molecule has 0 spiro atoms. The van der Waals surface area contributed by atoms with Crippen molar-refractivity contribution in [1.82, 2.24) is 10.6 Å². The number of esters is 1. The van der Waals surface area contributed by atoms with Gasteiger partial charge in [-0.15, -0.1) is 0 Å². The Morgan fingerprint density at radius 2 is 2.29 bits per heavy atom. The van der Waals surface area contributed by atoms with Gasteiger partial charge in [-0.05, 0) is 29.3 Å². The van der Waals surface area contributed by atoms with Gasteiger partial charge >= 0.3 is 12.0 Å². The molecule has 1 aromatic heterocycles. The fourth-order valence-electron chi connectivity index (χ4n) is 1.76. The Balaban J connectivity index is 2.44. The van der Waals surface area contributed by atoms with E-state index in [2.05, 4.69) is 10.6 Å². The first-order valence-corrected chi connectivity index (χ1v) is 5.96. The van der Waals surface area contributed by atoms with Gasteiger partial charge in [0, 0.05) is 5.70 Å². The Hall–Kier alpha value is -1.82. The van der Waals surface area contributed by atoms with Gasteiger partial charge < -0.3 is 15.4 Å². The summed E-state index contributed by atoms with van der Waals surface area (Å²) in [6, 6.07) is 1.12. The molecule has 1 aromatic rings. The number of amides is 2. The van der Waals surface area contributed by atoms with Crippen molar-refractivity contribution in [2.45, 2.75) is 13.0 Å². The summed E-state index contributed by atoms with van der Waals surface area (Å²) in [4.78, 5) is 23.2. The lowest BCUT2D eigenvalue weighted by atomic mass is 9.98. The van der Waals surface area contributed by atoms with E-state index in [-0.39, 0.29) is 6.03 Å². The Labute approximate surface area is 102 Å². The Bertz CT molecular complexity index is 479. The van der Waals surface area contributed by atoms with Crippen molar-refractivity contribution in [3.8, 4) is 0 Å². The molecule has 0 fully saturated rings. The summed E-state index contributed by atoms with van der Waals surface area (Å²) in [5.74, 6) is -0.439. The monoisotopic (exact) mass is 252 g/mol. The van der Waals surface area contributed by atoms with Gasteiger partial charge in [-0.2, -0.15) is 11.3 Å². The highest BCUT2D eigenvalue weighted by atomic mass is 32.1. The number of thiophene rings is 1. The van der Waals surface area contributed by atoms with Gasteiger partial charge in [-0.1, -0.05) is 0 Å². The van der Waals surface area contributed by atoms with E-state index >= 15 is 0 Å². The highest BCUT2D eigenvalue weighted by molar-refractivity contribution is 7.08. The van der Waals surface area contributed by atoms with E-state index in [1.165, 1.54) is 18.4 Å². The lowest BCUT2D eigenvalue weighted by Crippen LogP contribution is -2.45. The molecule has 1 aliphatic rings. The molecular weight excluding hydrogens is 240 g/mol. The van der Waals surface area contributed by atoms with Crippen molar-refractivity contribution in [2.24, 2.45) is 0 Å². The number of hydrogen-bond donors (Lipinski definition) is 2. The van der Waals surface area contributed by atoms with Crippen LogP contribution in [0.2, 0.25) is 0 Å². The van der Waals surface area contributed by atoms with E-state index < -0.39 is 12.0 Å². The fraction of sp³-hybridized carbons (Fsp3) is 0.273. The molecule has 1 aliphatic heterocycles. The van der Waals surface area contributed by atoms with Crippen LogP contribution in [0.3, 0.4) is 0 Å². The maximum Gasteiger partial charge on any atom is 0.337 e. The minimum Gasteiger partial charge on any atom is -0.466 e. The second-order valence-electron chi connectivity index (χ2n) is 3.62. The molecule has 6 heteroatoms. The zero-order chi connectivity index (χ0) is 12.4. The molecule has 90 valence electrons. The summed E-state index contributed by atoms with van der Waals surface area (Å²) in [7, 11) is 1.32. The Kier molecular flexibility index (Phi) is 3.14. The van der Waals surface area contributed by atoms with Crippen LogP contribution in [0.5, 0.6) is 0 Å². The van der Waals surface area contributed by atoms with Gasteiger partial charge in [0.1, 0.15) is 0 Å². The SMILES string of the molecule is COC(=O)C1=C(C)NC(=O)N[C@@H]1c1ccsc1. The van der Waals surface area contributed by atoms with Gasteiger partial charge in [0.15, 0.2) is 0 Å². The predicted octanol–water partition coefficient (Wildman–Crippen LogP) is 1.55. The van der Waals surface area contributed by atoms with E-state index in [1.54, 1.807) is 6.92 Å². The number of allylic oxidation sites excluding steroid dienone is 1. The molecule has 5 nitrogen and oxygen atoms in total. The standard InChI is InChI=1S/C11H12N2O3S/c1-6-8(10(14)16-2)9(13-11(15)12-6)7-3-4-17-5-7/h3-5,9H,1-2H3,(H2,12,13,15)/t9-/m1/s1. The van der Waals surface area contributed by atoms with Crippen LogP contribution in [-0.4, -0.2) is 19.1 Å². The van der Waals surface area contributed by atoms with Crippen molar-refractivity contribution in [3.63, 3.8) is 0 Å². The number of methoxy groups -OCH3 is 1. The van der Waals surface area contributed by atoms with Crippen molar-refractivity contribution >= 4 is 23.3 Å². The average Bonchev–Trinajstić information content (AvgIpc) is 2.80. The number of rotatable bonds is 2. The number of nitrogens with one attached hydrogen (secondary N) is 2. The second-order valence-corrected chi connectivity index (χ2v) is 4.40. The molecule has 0 aromatic carbocycles. The van der Waals surface area contributed by atoms with Crippen LogP contribution in [-0.2, 0) is 9.53 Å². The van der Waals surface area contributed by atoms with E-state index in [1.807, 2.05) is 16.8 Å². The van der Waals surface area contributed by atoms with Crippen LogP contribution < -0.4 is 10.6 Å². The molecule has 2 rings (SSSR count). The summed E-state index contributed by atoms with van der Waals surface area (Å²) < 4.78 is 4.74. The van der Waals surface area contributed by atoms with E-state index in [0.29, 0.717) is 11.3 Å². The molecule has 0 aliphatic carbocycles. The third-order valence-corrected chi connectivity index (χ3v) is 3.25. The Morgan fingerprint density at radius 1 is 1.53 bits per heavy atom. The minimum absolute atomic E-state index is 0.314. The van der Waals surface area contributed by atoms with Gasteiger partial charge in [0.05, 0.1) is 18.7 Å². The van der Waals surface area contributed by atoms with Crippen LogP contribution in [0.15, 0.2) is 28.1 Å². The molecule has 0 radical (unpaired) electrons. The highest BCUT2D eigenvalue weighted by Crippen LogP contribution is 2.28. The number of hydrogen-bond acceptors (Lipinski definition) is 4. The lowest BCUT2D eigenvalue weighted by molar-refractivity contribution is -0.136. The van der Waals surface area contributed by atoms with E-state index in [9.17, 15) is 9.59 Å². The maximum atomic E-state index is 11.7. The quantitative estimate of drug-likeness (QED) is 0.785. The number of urea groups is 1. The van der Waals surface area contributed by atoms with E-state index in [0.717, 1.165) is 5.56 Å². The molecule has 2 N–H and O–H groups in total. The summed E-state index contributed by atoms with van der Waals surface area (Å²) in [6.07, 6.45) is 0. The first kappa shape index (κ1) is 11.7. The molecule has 2 heterocycles. The normalized spacial score (nSPS) is 19.6. The van der Waals surface area contributed by atoms with Crippen LogP contribution in [0.25, 0.3) is 0 Å². The molecule has 2 amide bonds. The van der Waals surface area contributed by atoms with Crippen LogP contribution >= 0.6 is 11.3 Å². The van der Waals surface area contributed by atoms with Crippen molar-refractivity contribution in [2.75, 3.05) is 7.11 Å². The average molecular weight is 252 g/mol. The zero-order valence-electron chi connectivity index (χ0n) is 9.44. The number of carbonyl (C=O) groups is 2. The van der Waals surface area contributed by atoms with Gasteiger partial charge in [-0.25, -0.2) is 9.59 Å².